The minimum atomic E-state index is -4.42. The van der Waals surface area contributed by atoms with E-state index in [1.807, 2.05) is 0 Å². The van der Waals surface area contributed by atoms with Gasteiger partial charge in [0.25, 0.3) is 0 Å². The fraction of sp³-hybridized carbons (Fsp3) is 0.294. The number of benzene rings is 1. The Morgan fingerprint density at radius 1 is 1.29 bits per heavy atom. The standard InChI is InChI=1S/C17H16F3N3O/c1-9(22)14-15(13(8-21)10(2)24-16(14)23-3)11-4-6-12(7-5-11)17(18,19)20/h4-7,15H,22H2,1-3H3. The molecule has 24 heavy (non-hydrogen) atoms. The number of nitrogens with two attached hydrogens (primary N) is 1. The highest BCUT2D eigenvalue weighted by Gasteiger charge is 2.35. The zero-order valence-electron chi connectivity index (χ0n) is 13.4. The predicted molar refractivity (Wildman–Crippen MR) is 83.8 cm³/mol. The van der Waals surface area contributed by atoms with Crippen LogP contribution < -0.4 is 5.73 Å². The van der Waals surface area contributed by atoms with E-state index in [1.165, 1.54) is 19.2 Å². The highest BCUT2D eigenvalue weighted by Crippen LogP contribution is 2.40. The van der Waals surface area contributed by atoms with Gasteiger partial charge in [-0.25, -0.2) is 0 Å². The van der Waals surface area contributed by atoms with E-state index in [2.05, 4.69) is 11.1 Å². The molecule has 7 heteroatoms. The van der Waals surface area contributed by atoms with Crippen LogP contribution in [0.5, 0.6) is 0 Å². The summed E-state index contributed by atoms with van der Waals surface area (Å²) >= 11 is 0. The second-order valence-electron chi connectivity index (χ2n) is 5.36. The van der Waals surface area contributed by atoms with E-state index in [-0.39, 0.29) is 5.90 Å². The summed E-state index contributed by atoms with van der Waals surface area (Å²) in [7, 11) is 1.52. The van der Waals surface area contributed by atoms with Crippen molar-refractivity contribution in [1.29, 1.82) is 5.26 Å². The van der Waals surface area contributed by atoms with Crippen molar-refractivity contribution in [2.24, 2.45) is 10.7 Å². The third kappa shape index (κ3) is 3.13. The van der Waals surface area contributed by atoms with Gasteiger partial charge in [-0.05, 0) is 31.5 Å². The number of halogens is 3. The molecule has 1 aromatic rings. The van der Waals surface area contributed by atoms with E-state index in [0.717, 1.165) is 12.1 Å². The number of hydrogen-bond acceptors (Lipinski definition) is 4. The van der Waals surface area contributed by atoms with Gasteiger partial charge in [0, 0.05) is 18.3 Å². The van der Waals surface area contributed by atoms with Gasteiger partial charge in [-0.1, -0.05) is 12.1 Å². The van der Waals surface area contributed by atoms with Gasteiger partial charge in [0.1, 0.15) is 5.76 Å². The van der Waals surface area contributed by atoms with Gasteiger partial charge in [-0.2, -0.15) is 18.4 Å². The SMILES string of the molecule is CN=C1OC(C)=C(C#N)C(c2ccc(C(F)(F)F)cc2)C1=C(C)N. The lowest BCUT2D eigenvalue weighted by atomic mass is 9.81. The summed E-state index contributed by atoms with van der Waals surface area (Å²) in [6.07, 6.45) is -4.42. The minimum Gasteiger partial charge on any atom is -0.443 e. The first-order chi connectivity index (χ1) is 11.2. The molecule has 0 saturated carbocycles. The maximum absolute atomic E-state index is 12.8. The molecule has 0 saturated heterocycles. The molecule has 1 heterocycles. The zero-order chi connectivity index (χ0) is 18.1. The van der Waals surface area contributed by atoms with Crippen LogP contribution in [0, 0.1) is 11.3 Å². The van der Waals surface area contributed by atoms with Gasteiger partial charge in [-0.15, -0.1) is 0 Å². The molecule has 2 N–H and O–H groups in total. The molecule has 0 bridgehead atoms. The molecule has 126 valence electrons. The normalized spacial score (nSPS) is 22.2. The Morgan fingerprint density at radius 3 is 2.29 bits per heavy atom. The highest BCUT2D eigenvalue weighted by molar-refractivity contribution is 5.98. The topological polar surface area (TPSA) is 71.4 Å². The maximum atomic E-state index is 12.8. The molecule has 1 aliphatic rings. The van der Waals surface area contributed by atoms with Crippen molar-refractivity contribution in [3.63, 3.8) is 0 Å². The van der Waals surface area contributed by atoms with Crippen LogP contribution in [0.3, 0.4) is 0 Å². The molecule has 0 aromatic heterocycles. The van der Waals surface area contributed by atoms with Gasteiger partial charge in [0.2, 0.25) is 5.90 Å². The lowest BCUT2D eigenvalue weighted by Gasteiger charge is -2.29. The third-order valence-corrected chi connectivity index (χ3v) is 3.76. The second kappa shape index (κ2) is 6.40. The van der Waals surface area contributed by atoms with Crippen molar-refractivity contribution >= 4 is 5.90 Å². The van der Waals surface area contributed by atoms with Crippen LogP contribution in [-0.4, -0.2) is 12.9 Å². The molecule has 0 aliphatic carbocycles. The van der Waals surface area contributed by atoms with Crippen molar-refractivity contribution in [3.05, 3.63) is 58.0 Å². The maximum Gasteiger partial charge on any atom is 0.416 e. The molecular weight excluding hydrogens is 319 g/mol. The molecule has 0 radical (unpaired) electrons. The number of aliphatic imine (C=N–C) groups is 1. The van der Waals surface area contributed by atoms with Crippen molar-refractivity contribution in [1.82, 2.24) is 0 Å². The molecular formula is C17H16F3N3O. The monoisotopic (exact) mass is 335 g/mol. The van der Waals surface area contributed by atoms with Gasteiger partial charge < -0.3 is 10.5 Å². The molecule has 1 unspecified atom stereocenters. The van der Waals surface area contributed by atoms with Crippen LogP contribution in [-0.2, 0) is 10.9 Å². The summed E-state index contributed by atoms with van der Waals surface area (Å²) in [6, 6.07) is 6.73. The zero-order valence-corrected chi connectivity index (χ0v) is 13.4. The van der Waals surface area contributed by atoms with E-state index in [1.54, 1.807) is 13.8 Å². The first kappa shape index (κ1) is 17.6. The van der Waals surface area contributed by atoms with E-state index in [9.17, 15) is 18.4 Å². The van der Waals surface area contributed by atoms with Crippen LogP contribution in [0.2, 0.25) is 0 Å². The average Bonchev–Trinajstić information content (AvgIpc) is 2.52. The number of allylic oxidation sites excluding steroid dienone is 3. The molecule has 0 amide bonds. The Balaban J connectivity index is 2.65. The van der Waals surface area contributed by atoms with Crippen molar-refractivity contribution in [3.8, 4) is 6.07 Å². The number of nitriles is 1. The summed E-state index contributed by atoms with van der Waals surface area (Å²) in [4.78, 5) is 4.03. The summed E-state index contributed by atoms with van der Waals surface area (Å²) in [5.74, 6) is -0.000806. The Bertz CT molecular complexity index is 777. The molecule has 4 nitrogen and oxygen atoms in total. The van der Waals surface area contributed by atoms with Crippen LogP contribution >= 0.6 is 0 Å². The van der Waals surface area contributed by atoms with Gasteiger partial charge >= 0.3 is 6.18 Å². The Hall–Kier alpha value is -2.75. The largest absolute Gasteiger partial charge is 0.443 e. The number of nitrogens with zero attached hydrogens (tertiary/aromatic N) is 2. The van der Waals surface area contributed by atoms with E-state index in [4.69, 9.17) is 10.5 Å². The molecule has 1 aromatic carbocycles. The highest BCUT2D eigenvalue weighted by atomic mass is 19.4. The summed E-state index contributed by atoms with van der Waals surface area (Å²) in [5, 5.41) is 9.46. The van der Waals surface area contributed by atoms with Crippen LogP contribution in [0.25, 0.3) is 0 Å². The summed E-state index contributed by atoms with van der Waals surface area (Å²) in [6.45, 7) is 3.25. The van der Waals surface area contributed by atoms with E-state index >= 15 is 0 Å². The van der Waals surface area contributed by atoms with Crippen LogP contribution in [0.4, 0.5) is 13.2 Å². The van der Waals surface area contributed by atoms with Gasteiger partial charge in [0.05, 0.1) is 23.1 Å². The number of rotatable bonds is 1. The van der Waals surface area contributed by atoms with Crippen molar-refractivity contribution < 1.29 is 17.9 Å². The molecule has 1 atom stereocenters. The molecule has 1 aliphatic heterocycles. The van der Waals surface area contributed by atoms with E-state index < -0.39 is 17.7 Å². The first-order valence-corrected chi connectivity index (χ1v) is 7.10. The fourth-order valence-electron chi connectivity index (χ4n) is 2.63. The van der Waals surface area contributed by atoms with Crippen LogP contribution in [0.1, 0.15) is 30.9 Å². The molecule has 0 fully saturated rings. The second-order valence-corrected chi connectivity index (χ2v) is 5.36. The van der Waals surface area contributed by atoms with E-state index in [0.29, 0.717) is 28.2 Å². The van der Waals surface area contributed by atoms with Gasteiger partial charge in [-0.3, -0.25) is 4.99 Å². The minimum absolute atomic E-state index is 0.261. The molecule has 0 spiro atoms. The lowest BCUT2D eigenvalue weighted by Crippen LogP contribution is -2.25. The Morgan fingerprint density at radius 2 is 1.88 bits per heavy atom. The van der Waals surface area contributed by atoms with Crippen molar-refractivity contribution in [2.45, 2.75) is 25.9 Å². The fourth-order valence-corrected chi connectivity index (χ4v) is 2.63. The average molecular weight is 335 g/mol. The Kier molecular flexibility index (Phi) is 4.69. The van der Waals surface area contributed by atoms with Crippen molar-refractivity contribution in [2.75, 3.05) is 7.05 Å². The Labute approximate surface area is 137 Å². The summed E-state index contributed by atoms with van der Waals surface area (Å²) < 4.78 is 43.8. The number of alkyl halides is 3. The number of ether oxygens (including phenoxy) is 1. The quantitative estimate of drug-likeness (QED) is 0.846. The smallest absolute Gasteiger partial charge is 0.416 e. The van der Waals surface area contributed by atoms with Crippen LogP contribution in [0.15, 0.2) is 51.9 Å². The summed E-state index contributed by atoms with van der Waals surface area (Å²) in [5.41, 5.74) is 6.86. The predicted octanol–water partition coefficient (Wildman–Crippen LogP) is 3.88. The number of hydrogen-bond donors (Lipinski definition) is 1. The molecule has 2 rings (SSSR count). The first-order valence-electron chi connectivity index (χ1n) is 7.10. The van der Waals surface area contributed by atoms with Gasteiger partial charge in [0.15, 0.2) is 0 Å². The lowest BCUT2D eigenvalue weighted by molar-refractivity contribution is -0.137. The third-order valence-electron chi connectivity index (χ3n) is 3.76.